The third kappa shape index (κ3) is 4.61. The number of rotatable bonds is 4. The summed E-state index contributed by atoms with van der Waals surface area (Å²) in [6.45, 7) is 1.81. The second kappa shape index (κ2) is 6.79. The Labute approximate surface area is 98.9 Å². The minimum Gasteiger partial charge on any atom is -0.387 e. The van der Waals surface area contributed by atoms with Crippen LogP contribution in [0.5, 0.6) is 0 Å². The van der Waals surface area contributed by atoms with Crippen molar-refractivity contribution in [1.29, 1.82) is 0 Å². The van der Waals surface area contributed by atoms with Crippen LogP contribution in [-0.4, -0.2) is 23.6 Å². The molecule has 0 aromatic carbocycles. The minimum absolute atomic E-state index is 0. The highest BCUT2D eigenvalue weighted by Crippen LogP contribution is 2.14. The first-order valence-corrected chi connectivity index (χ1v) is 5.29. The average molecular weight is 251 g/mol. The molecule has 6 heteroatoms. The number of carbonyl (C=O) groups is 1. The van der Waals surface area contributed by atoms with Gasteiger partial charge in [0.05, 0.1) is 12.1 Å². The molecule has 0 aliphatic heterocycles. The first-order valence-electron chi connectivity index (χ1n) is 4.34. The van der Waals surface area contributed by atoms with Crippen LogP contribution in [0.4, 0.5) is 0 Å². The smallest absolute Gasteiger partial charge is 0.236 e. The third-order valence-corrected chi connectivity index (χ3v) is 2.51. The molecule has 1 unspecified atom stereocenters. The van der Waals surface area contributed by atoms with Crippen molar-refractivity contribution in [2.24, 2.45) is 5.73 Å². The highest BCUT2D eigenvalue weighted by atomic mass is 35.5. The van der Waals surface area contributed by atoms with E-state index < -0.39 is 12.1 Å². The van der Waals surface area contributed by atoms with Gasteiger partial charge in [0, 0.05) is 6.54 Å². The van der Waals surface area contributed by atoms with Crippen molar-refractivity contribution in [3.63, 3.8) is 0 Å². The highest BCUT2D eigenvalue weighted by molar-refractivity contribution is 7.07. The maximum Gasteiger partial charge on any atom is 0.236 e. The molecule has 0 spiro atoms. The fourth-order valence-electron chi connectivity index (χ4n) is 0.941. The Hall–Kier alpha value is -0.620. The Morgan fingerprint density at radius 1 is 1.73 bits per heavy atom. The van der Waals surface area contributed by atoms with Crippen LogP contribution in [0.25, 0.3) is 0 Å². The van der Waals surface area contributed by atoms with Crippen LogP contribution in [0.15, 0.2) is 16.8 Å². The lowest BCUT2D eigenvalue weighted by Crippen LogP contribution is -2.40. The molecule has 0 saturated heterocycles. The average Bonchev–Trinajstić information content (AvgIpc) is 2.66. The van der Waals surface area contributed by atoms with Crippen molar-refractivity contribution >= 4 is 29.7 Å². The van der Waals surface area contributed by atoms with E-state index in [4.69, 9.17) is 5.73 Å². The lowest BCUT2D eigenvalue weighted by Gasteiger charge is -2.11. The van der Waals surface area contributed by atoms with Gasteiger partial charge in [-0.25, -0.2) is 0 Å². The third-order valence-electron chi connectivity index (χ3n) is 1.81. The maximum absolute atomic E-state index is 11.1. The molecule has 86 valence electrons. The van der Waals surface area contributed by atoms with Crippen molar-refractivity contribution in [1.82, 2.24) is 5.32 Å². The molecule has 4 N–H and O–H groups in total. The van der Waals surface area contributed by atoms with Crippen molar-refractivity contribution in [3.05, 3.63) is 22.4 Å². The van der Waals surface area contributed by atoms with Gasteiger partial charge in [-0.05, 0) is 29.3 Å². The number of hydrogen-bond acceptors (Lipinski definition) is 4. The maximum atomic E-state index is 11.1. The monoisotopic (exact) mass is 250 g/mol. The van der Waals surface area contributed by atoms with E-state index >= 15 is 0 Å². The van der Waals surface area contributed by atoms with E-state index in [1.165, 1.54) is 11.3 Å². The predicted octanol–water partition coefficient (Wildman–Crippen LogP) is 0.667. The van der Waals surface area contributed by atoms with Crippen LogP contribution in [0.3, 0.4) is 0 Å². The lowest BCUT2D eigenvalue weighted by molar-refractivity contribution is -0.122. The predicted molar refractivity (Wildman–Crippen MR) is 63.2 cm³/mol. The Kier molecular flexibility index (Phi) is 6.51. The summed E-state index contributed by atoms with van der Waals surface area (Å²) < 4.78 is 0. The Morgan fingerprint density at radius 3 is 2.87 bits per heavy atom. The molecule has 1 aromatic heterocycles. The lowest BCUT2D eigenvalue weighted by atomic mass is 10.2. The Morgan fingerprint density at radius 2 is 2.40 bits per heavy atom. The fraction of sp³-hybridized carbons (Fsp3) is 0.444. The molecular formula is C9H15ClN2O2S. The Bertz CT molecular complexity index is 290. The summed E-state index contributed by atoms with van der Waals surface area (Å²) in [4.78, 5) is 11.1. The highest BCUT2D eigenvalue weighted by Gasteiger charge is 2.11. The quantitative estimate of drug-likeness (QED) is 0.735. The van der Waals surface area contributed by atoms with Crippen LogP contribution in [0, 0.1) is 0 Å². The van der Waals surface area contributed by atoms with E-state index in [1.807, 2.05) is 16.8 Å². The van der Waals surface area contributed by atoms with Crippen LogP contribution in [-0.2, 0) is 4.79 Å². The summed E-state index contributed by atoms with van der Waals surface area (Å²) in [7, 11) is 0. The Balaban J connectivity index is 0.00000196. The number of halogens is 1. The molecule has 1 aromatic rings. The zero-order valence-electron chi connectivity index (χ0n) is 8.34. The second-order valence-electron chi connectivity index (χ2n) is 3.11. The molecule has 1 heterocycles. The molecule has 0 fully saturated rings. The van der Waals surface area contributed by atoms with E-state index in [9.17, 15) is 9.90 Å². The summed E-state index contributed by atoms with van der Waals surface area (Å²) >= 11 is 1.51. The molecule has 0 bridgehead atoms. The van der Waals surface area contributed by atoms with Crippen molar-refractivity contribution in [2.75, 3.05) is 6.54 Å². The van der Waals surface area contributed by atoms with Crippen LogP contribution >= 0.6 is 23.7 Å². The molecule has 0 aliphatic carbocycles. The molecule has 0 saturated carbocycles. The minimum atomic E-state index is -0.649. The summed E-state index contributed by atoms with van der Waals surface area (Å²) in [6.07, 6.45) is -0.649. The van der Waals surface area contributed by atoms with Gasteiger partial charge in [0.15, 0.2) is 0 Å². The zero-order chi connectivity index (χ0) is 10.6. The van der Waals surface area contributed by atoms with Crippen LogP contribution in [0.2, 0.25) is 0 Å². The van der Waals surface area contributed by atoms with E-state index in [2.05, 4.69) is 5.32 Å². The van der Waals surface area contributed by atoms with Crippen molar-refractivity contribution in [3.8, 4) is 0 Å². The number of nitrogens with two attached hydrogens (primary N) is 1. The molecule has 15 heavy (non-hydrogen) atoms. The van der Waals surface area contributed by atoms with E-state index in [1.54, 1.807) is 6.92 Å². The van der Waals surface area contributed by atoms with Gasteiger partial charge in [0.2, 0.25) is 5.91 Å². The number of thiophene rings is 1. The van der Waals surface area contributed by atoms with Gasteiger partial charge >= 0.3 is 0 Å². The molecule has 4 nitrogen and oxygen atoms in total. The summed E-state index contributed by atoms with van der Waals surface area (Å²) in [5, 5.41) is 15.9. The van der Waals surface area contributed by atoms with Gasteiger partial charge < -0.3 is 16.2 Å². The first-order chi connectivity index (χ1) is 6.61. The van der Waals surface area contributed by atoms with E-state index in [0.717, 1.165) is 5.56 Å². The topological polar surface area (TPSA) is 75.4 Å². The second-order valence-corrected chi connectivity index (χ2v) is 3.89. The molecule has 1 amide bonds. The molecule has 1 rings (SSSR count). The van der Waals surface area contributed by atoms with E-state index in [-0.39, 0.29) is 24.9 Å². The molecule has 0 radical (unpaired) electrons. The van der Waals surface area contributed by atoms with Gasteiger partial charge in [0.25, 0.3) is 0 Å². The number of amides is 1. The normalized spacial score (nSPS) is 13.8. The number of hydrogen-bond donors (Lipinski definition) is 3. The number of aliphatic hydroxyl groups is 1. The summed E-state index contributed by atoms with van der Waals surface area (Å²) in [5.74, 6) is -0.251. The van der Waals surface area contributed by atoms with Crippen LogP contribution < -0.4 is 11.1 Å². The van der Waals surface area contributed by atoms with Gasteiger partial charge in [-0.3, -0.25) is 4.79 Å². The first kappa shape index (κ1) is 14.4. The van der Waals surface area contributed by atoms with Crippen molar-refractivity contribution in [2.45, 2.75) is 19.1 Å². The fourth-order valence-corrected chi connectivity index (χ4v) is 1.65. The number of nitrogens with one attached hydrogen (secondary N) is 1. The molecule has 2 atom stereocenters. The molecule has 0 aliphatic rings. The summed E-state index contributed by atoms with van der Waals surface area (Å²) in [5.41, 5.74) is 6.17. The molecular weight excluding hydrogens is 236 g/mol. The standard InChI is InChI=1S/C9H14N2O2S.ClH/c1-6(10)9(13)11-4-8(12)7-2-3-14-5-7;/h2-3,5-6,8,12H,4,10H2,1H3,(H,11,13);1H/t6-,8?;/m1./s1. The largest absolute Gasteiger partial charge is 0.387 e. The van der Waals surface area contributed by atoms with Gasteiger partial charge in [-0.1, -0.05) is 0 Å². The van der Waals surface area contributed by atoms with Gasteiger partial charge in [0.1, 0.15) is 0 Å². The summed E-state index contributed by atoms with van der Waals surface area (Å²) in [6, 6.07) is 1.29. The van der Waals surface area contributed by atoms with Crippen LogP contribution in [0.1, 0.15) is 18.6 Å². The van der Waals surface area contributed by atoms with Crippen molar-refractivity contribution < 1.29 is 9.90 Å². The van der Waals surface area contributed by atoms with Gasteiger partial charge in [-0.2, -0.15) is 11.3 Å². The zero-order valence-corrected chi connectivity index (χ0v) is 9.98. The van der Waals surface area contributed by atoms with E-state index in [0.29, 0.717) is 0 Å². The number of carbonyl (C=O) groups excluding carboxylic acids is 1. The van der Waals surface area contributed by atoms with Gasteiger partial charge in [-0.15, -0.1) is 12.4 Å². The SMILES string of the molecule is C[C@@H](N)C(=O)NCC(O)c1ccsc1.Cl. The number of aliphatic hydroxyl groups excluding tert-OH is 1.